The Morgan fingerprint density at radius 2 is 1.81 bits per heavy atom. The number of benzene rings is 2. The lowest BCUT2D eigenvalue weighted by Gasteiger charge is -2.16. The summed E-state index contributed by atoms with van der Waals surface area (Å²) in [5.74, 6) is -3.20. The van der Waals surface area contributed by atoms with Crippen LogP contribution in [0.2, 0.25) is 5.02 Å². The Labute approximate surface area is 158 Å². The zero-order valence-electron chi connectivity index (χ0n) is 14.3. The smallest absolute Gasteiger partial charge is 0.374 e. The maximum atomic E-state index is 12.5. The predicted molar refractivity (Wildman–Crippen MR) is 99.1 cm³/mol. The fourth-order valence-electron chi connectivity index (χ4n) is 2.86. The average Bonchev–Trinajstić information content (AvgIpc) is 2.68. The monoisotopic (exact) mass is 386 g/mol. The van der Waals surface area contributed by atoms with Gasteiger partial charge in [0.2, 0.25) is 5.78 Å². The number of fused-ring (bicyclic) bond motifs is 1. The summed E-state index contributed by atoms with van der Waals surface area (Å²) in [4.78, 5) is 36.7. The molecule has 0 fully saturated rings. The minimum absolute atomic E-state index is 0.0918. The first-order valence-corrected chi connectivity index (χ1v) is 8.41. The Balaban J connectivity index is 2.10. The molecule has 0 aliphatic heterocycles. The highest BCUT2D eigenvalue weighted by molar-refractivity contribution is 6.36. The van der Waals surface area contributed by atoms with Crippen molar-refractivity contribution in [3.8, 4) is 5.75 Å². The quantitative estimate of drug-likeness (QED) is 0.411. The van der Waals surface area contributed by atoms with Gasteiger partial charge in [0, 0.05) is 5.02 Å². The van der Waals surface area contributed by atoms with E-state index in [0.717, 1.165) is 7.11 Å². The maximum Gasteiger partial charge on any atom is 0.374 e. The fraction of sp³-hybridized carbons (Fsp3) is 0.150. The highest BCUT2D eigenvalue weighted by atomic mass is 35.5. The van der Waals surface area contributed by atoms with Gasteiger partial charge in [-0.25, -0.2) is 9.59 Å². The number of ketones is 1. The van der Waals surface area contributed by atoms with Gasteiger partial charge in [-0.2, -0.15) is 0 Å². The summed E-state index contributed by atoms with van der Waals surface area (Å²) in [6, 6.07) is 12.8. The second kappa shape index (κ2) is 7.63. The third-order valence-corrected chi connectivity index (χ3v) is 4.51. The topological polar surface area (TPSA) is 93.8 Å². The summed E-state index contributed by atoms with van der Waals surface area (Å²) in [7, 11) is 1.10. The van der Waals surface area contributed by atoms with E-state index in [-0.39, 0.29) is 23.3 Å². The van der Waals surface area contributed by atoms with Gasteiger partial charge in [-0.15, -0.1) is 0 Å². The lowest BCUT2D eigenvalue weighted by Crippen LogP contribution is -2.26. The highest BCUT2D eigenvalue weighted by Crippen LogP contribution is 2.31. The number of Topliss-reactive ketones (excluding diaryl/α,β-unsaturated/α-hetero) is 1. The molecular formula is C20H15ClO6. The summed E-state index contributed by atoms with van der Waals surface area (Å²) in [6.07, 6.45) is -0.228. The van der Waals surface area contributed by atoms with Crippen LogP contribution in [0.4, 0.5) is 0 Å². The lowest BCUT2D eigenvalue weighted by molar-refractivity contribution is -0.152. The molecule has 0 aliphatic rings. The van der Waals surface area contributed by atoms with E-state index in [9.17, 15) is 19.5 Å². The van der Waals surface area contributed by atoms with Gasteiger partial charge in [0.1, 0.15) is 11.3 Å². The molecule has 1 heterocycles. The Morgan fingerprint density at radius 1 is 1.15 bits per heavy atom. The molecule has 1 aromatic heterocycles. The van der Waals surface area contributed by atoms with Crippen LogP contribution in [-0.2, 0) is 20.7 Å². The van der Waals surface area contributed by atoms with Crippen LogP contribution in [0.1, 0.15) is 17.0 Å². The minimum Gasteiger partial charge on any atom is -0.507 e. The Kier molecular flexibility index (Phi) is 5.28. The largest absolute Gasteiger partial charge is 0.507 e. The van der Waals surface area contributed by atoms with Crippen LogP contribution in [0.3, 0.4) is 0 Å². The van der Waals surface area contributed by atoms with Gasteiger partial charge in [-0.05, 0) is 36.2 Å². The minimum atomic E-state index is -1.04. The van der Waals surface area contributed by atoms with E-state index in [4.69, 9.17) is 16.0 Å². The molecule has 1 unspecified atom stereocenters. The van der Waals surface area contributed by atoms with Gasteiger partial charge in [-0.3, -0.25) is 4.79 Å². The molecule has 6 nitrogen and oxygen atoms in total. The number of rotatable bonds is 5. The average molecular weight is 387 g/mol. The summed E-state index contributed by atoms with van der Waals surface area (Å²) < 4.78 is 9.76. The van der Waals surface area contributed by atoms with Crippen LogP contribution in [0.25, 0.3) is 11.0 Å². The van der Waals surface area contributed by atoms with Gasteiger partial charge >= 0.3 is 11.6 Å². The highest BCUT2D eigenvalue weighted by Gasteiger charge is 2.30. The summed E-state index contributed by atoms with van der Waals surface area (Å²) in [5, 5.41) is 11.3. The normalized spacial score (nSPS) is 11.9. The molecule has 0 amide bonds. The Hall–Kier alpha value is -3.12. The molecule has 0 bridgehead atoms. The molecule has 0 aliphatic carbocycles. The number of hydrogen-bond acceptors (Lipinski definition) is 6. The molecule has 7 heteroatoms. The number of hydrogen-bond donors (Lipinski definition) is 1. The molecule has 0 spiro atoms. The predicted octanol–water partition coefficient (Wildman–Crippen LogP) is 3.22. The van der Waals surface area contributed by atoms with E-state index in [0.29, 0.717) is 16.0 Å². The Morgan fingerprint density at radius 3 is 2.48 bits per heavy atom. The van der Waals surface area contributed by atoms with Crippen LogP contribution < -0.4 is 5.63 Å². The van der Waals surface area contributed by atoms with Gasteiger partial charge in [-0.1, -0.05) is 35.9 Å². The van der Waals surface area contributed by atoms with Crippen LogP contribution in [-0.4, -0.2) is 24.0 Å². The summed E-state index contributed by atoms with van der Waals surface area (Å²) in [6.45, 7) is 0. The molecule has 1 N–H and O–H groups in total. The SMILES string of the molecule is COC(=O)C(=O)C(Cc1c(O)c2ccccc2oc1=O)c1ccc(Cl)cc1. The molecule has 0 saturated carbocycles. The van der Waals surface area contributed by atoms with E-state index in [1.165, 1.54) is 0 Å². The summed E-state index contributed by atoms with van der Waals surface area (Å²) >= 11 is 5.88. The van der Waals surface area contributed by atoms with Crippen molar-refractivity contribution in [2.45, 2.75) is 12.3 Å². The van der Waals surface area contributed by atoms with E-state index < -0.39 is 23.3 Å². The third-order valence-electron chi connectivity index (χ3n) is 4.26. The van der Waals surface area contributed by atoms with E-state index in [1.54, 1.807) is 48.5 Å². The van der Waals surface area contributed by atoms with Crippen molar-refractivity contribution >= 4 is 34.3 Å². The molecular weight excluding hydrogens is 372 g/mol. The van der Waals surface area contributed by atoms with E-state index in [1.807, 2.05) is 0 Å². The second-order valence-corrected chi connectivity index (χ2v) is 6.31. The maximum absolute atomic E-state index is 12.5. The van der Waals surface area contributed by atoms with Crippen molar-refractivity contribution in [2.24, 2.45) is 0 Å². The molecule has 0 radical (unpaired) electrons. The van der Waals surface area contributed by atoms with Crippen molar-refractivity contribution < 1.29 is 23.8 Å². The fourth-order valence-corrected chi connectivity index (χ4v) is 2.98. The molecule has 2 aromatic carbocycles. The first-order valence-electron chi connectivity index (χ1n) is 8.03. The molecule has 27 heavy (non-hydrogen) atoms. The number of methoxy groups -OCH3 is 1. The third kappa shape index (κ3) is 3.71. The van der Waals surface area contributed by atoms with Crippen LogP contribution in [0, 0.1) is 0 Å². The molecule has 3 rings (SSSR count). The molecule has 138 valence electrons. The molecule has 1 atom stereocenters. The van der Waals surface area contributed by atoms with Crippen molar-refractivity contribution in [3.63, 3.8) is 0 Å². The van der Waals surface area contributed by atoms with Gasteiger partial charge in [0.05, 0.1) is 24.0 Å². The van der Waals surface area contributed by atoms with E-state index in [2.05, 4.69) is 4.74 Å². The standard InChI is InChI=1S/C20H15ClO6/c1-26-20(25)18(23)14(11-6-8-12(21)9-7-11)10-15-17(22)13-4-2-3-5-16(13)27-19(15)24/h2-9,14,22H,10H2,1H3. The zero-order valence-corrected chi connectivity index (χ0v) is 15.0. The van der Waals surface area contributed by atoms with Gasteiger partial charge in [0.25, 0.3) is 0 Å². The lowest BCUT2D eigenvalue weighted by atomic mass is 9.88. The Bertz CT molecular complexity index is 1070. The van der Waals surface area contributed by atoms with Crippen molar-refractivity contribution in [1.82, 2.24) is 0 Å². The number of aromatic hydroxyl groups is 1. The van der Waals surface area contributed by atoms with Crippen LogP contribution in [0.15, 0.2) is 57.7 Å². The van der Waals surface area contributed by atoms with Crippen LogP contribution >= 0.6 is 11.6 Å². The molecule has 0 saturated heterocycles. The number of halogens is 1. The van der Waals surface area contributed by atoms with Crippen molar-refractivity contribution in [3.05, 3.63) is 75.1 Å². The van der Waals surface area contributed by atoms with E-state index >= 15 is 0 Å². The van der Waals surface area contributed by atoms with Crippen molar-refractivity contribution in [1.29, 1.82) is 0 Å². The van der Waals surface area contributed by atoms with Gasteiger partial charge in [0.15, 0.2) is 0 Å². The number of esters is 1. The number of carbonyl (C=O) groups is 2. The summed E-state index contributed by atoms with van der Waals surface area (Å²) in [5.41, 5.74) is -0.179. The molecule has 3 aromatic rings. The van der Waals surface area contributed by atoms with Crippen LogP contribution in [0.5, 0.6) is 5.75 Å². The van der Waals surface area contributed by atoms with Crippen molar-refractivity contribution in [2.75, 3.05) is 7.11 Å². The number of carbonyl (C=O) groups excluding carboxylic acids is 2. The second-order valence-electron chi connectivity index (χ2n) is 5.88. The number of para-hydroxylation sites is 1. The zero-order chi connectivity index (χ0) is 19.6. The van der Waals surface area contributed by atoms with Gasteiger partial charge < -0.3 is 14.3 Å². The number of ether oxygens (including phenoxy) is 1. The first kappa shape index (κ1) is 18.7. The first-order chi connectivity index (χ1) is 12.9.